The molecule has 24 heavy (non-hydrogen) atoms. The number of hydrazine groups is 1. The number of sulfone groups is 1. The van der Waals surface area contributed by atoms with Crippen LogP contribution in [0.5, 0.6) is 0 Å². The van der Waals surface area contributed by atoms with Crippen LogP contribution in [0.15, 0.2) is 35.2 Å². The third-order valence-electron chi connectivity index (χ3n) is 3.10. The van der Waals surface area contributed by atoms with E-state index in [-0.39, 0.29) is 17.1 Å². The fraction of sp³-hybridized carbons (Fsp3) is 0.467. The Kier molecular flexibility index (Phi) is 8.66. The molecule has 0 saturated carbocycles. The molecule has 0 aromatic heterocycles. The molecule has 1 amide bonds. The molecule has 0 aliphatic carbocycles. The quantitative estimate of drug-likeness (QED) is 0.394. The number of carbonyl (C=O) groups is 1. The number of ether oxygens (including phenoxy) is 1. The van der Waals surface area contributed by atoms with Crippen LogP contribution in [0.2, 0.25) is 0 Å². The maximum absolute atomic E-state index is 12.1. The van der Waals surface area contributed by atoms with Crippen LogP contribution in [-0.4, -0.2) is 57.5 Å². The number of benzene rings is 1. The molecule has 0 radical (unpaired) electrons. The lowest BCUT2D eigenvalue weighted by Crippen LogP contribution is -2.48. The van der Waals surface area contributed by atoms with Gasteiger partial charge in [0.25, 0.3) is 0 Å². The van der Waals surface area contributed by atoms with Crippen LogP contribution >= 0.6 is 12.2 Å². The minimum Gasteiger partial charge on any atom is -0.385 e. The van der Waals surface area contributed by atoms with Gasteiger partial charge in [0.1, 0.15) is 0 Å². The van der Waals surface area contributed by atoms with E-state index in [2.05, 4.69) is 10.7 Å². The zero-order valence-corrected chi connectivity index (χ0v) is 15.5. The molecule has 1 rings (SSSR count). The Morgan fingerprint density at radius 2 is 1.96 bits per heavy atom. The van der Waals surface area contributed by atoms with E-state index >= 15 is 0 Å². The van der Waals surface area contributed by atoms with Crippen molar-refractivity contribution in [2.24, 2.45) is 0 Å². The minimum absolute atomic E-state index is 0.145. The molecule has 9 heteroatoms. The highest BCUT2D eigenvalue weighted by atomic mass is 32.2. The molecule has 2 N–H and O–H groups in total. The number of hydrogen-bond acceptors (Lipinski definition) is 5. The highest BCUT2D eigenvalue weighted by molar-refractivity contribution is 7.91. The lowest BCUT2D eigenvalue weighted by Gasteiger charge is -2.21. The molecular formula is C15H23N3O4S2. The number of nitrogens with zero attached hydrogens (tertiary/aromatic N) is 1. The van der Waals surface area contributed by atoms with Crippen LogP contribution in [0.25, 0.3) is 0 Å². The summed E-state index contributed by atoms with van der Waals surface area (Å²) in [6.07, 6.45) is 0.640. The molecule has 1 aromatic carbocycles. The maximum Gasteiger partial charge on any atom is 0.239 e. The van der Waals surface area contributed by atoms with Crippen molar-refractivity contribution in [1.29, 1.82) is 0 Å². The summed E-state index contributed by atoms with van der Waals surface area (Å²) in [5.41, 5.74) is 2.54. The smallest absolute Gasteiger partial charge is 0.239 e. The van der Waals surface area contributed by atoms with Gasteiger partial charge in [-0.15, -0.1) is 0 Å². The topological polar surface area (TPSA) is 87.7 Å². The number of amides is 1. The van der Waals surface area contributed by atoms with Gasteiger partial charge >= 0.3 is 0 Å². The van der Waals surface area contributed by atoms with Crippen molar-refractivity contribution in [1.82, 2.24) is 15.8 Å². The van der Waals surface area contributed by atoms with Crippen LogP contribution in [0, 0.1) is 0 Å². The Hall–Kier alpha value is -1.71. The van der Waals surface area contributed by atoms with Crippen molar-refractivity contribution < 1.29 is 17.9 Å². The van der Waals surface area contributed by atoms with Crippen LogP contribution in [-0.2, 0) is 19.4 Å². The van der Waals surface area contributed by atoms with Gasteiger partial charge in [0.15, 0.2) is 14.9 Å². The van der Waals surface area contributed by atoms with Gasteiger partial charge in [0, 0.05) is 33.7 Å². The van der Waals surface area contributed by atoms with Crippen LogP contribution < -0.4 is 10.7 Å². The summed E-state index contributed by atoms with van der Waals surface area (Å²) in [6.45, 7) is 1.23. The Morgan fingerprint density at radius 3 is 2.58 bits per heavy atom. The monoisotopic (exact) mass is 373 g/mol. The third-order valence-corrected chi connectivity index (χ3v) is 5.25. The third kappa shape index (κ3) is 7.24. The first-order valence-electron chi connectivity index (χ1n) is 7.44. The van der Waals surface area contributed by atoms with Gasteiger partial charge in [-0.1, -0.05) is 18.2 Å². The Labute approximate surface area is 148 Å². The summed E-state index contributed by atoms with van der Waals surface area (Å²) >= 11 is 5.12. The molecule has 134 valence electrons. The summed E-state index contributed by atoms with van der Waals surface area (Å²) in [6, 6.07) is 8.06. The maximum atomic E-state index is 12.1. The lowest BCUT2D eigenvalue weighted by molar-refractivity contribution is -0.123. The average molecular weight is 374 g/mol. The highest BCUT2D eigenvalue weighted by Gasteiger charge is 2.17. The molecule has 0 bridgehead atoms. The fourth-order valence-corrected chi connectivity index (χ4v) is 3.21. The molecule has 0 aliphatic heterocycles. The van der Waals surface area contributed by atoms with Crippen molar-refractivity contribution in [3.63, 3.8) is 0 Å². The van der Waals surface area contributed by atoms with E-state index < -0.39 is 15.7 Å². The molecule has 1 aromatic rings. The van der Waals surface area contributed by atoms with Crippen molar-refractivity contribution >= 4 is 33.1 Å². The Bertz CT molecular complexity index is 635. The Balaban J connectivity index is 2.39. The molecule has 0 spiro atoms. The largest absolute Gasteiger partial charge is 0.385 e. The van der Waals surface area contributed by atoms with Gasteiger partial charge in [-0.25, -0.2) is 8.42 Å². The van der Waals surface area contributed by atoms with Crippen molar-refractivity contribution in [3.05, 3.63) is 30.3 Å². The molecule has 0 aliphatic rings. The fourth-order valence-electron chi connectivity index (χ4n) is 1.80. The summed E-state index contributed by atoms with van der Waals surface area (Å²) in [4.78, 5) is 12.1. The summed E-state index contributed by atoms with van der Waals surface area (Å²) in [7, 11) is -0.262. The average Bonchev–Trinajstić information content (AvgIpc) is 2.57. The van der Waals surface area contributed by atoms with Gasteiger partial charge in [-0.3, -0.25) is 15.2 Å². The van der Waals surface area contributed by atoms with E-state index in [1.165, 1.54) is 17.1 Å². The lowest BCUT2D eigenvalue weighted by atomic mass is 10.4. The number of thiocarbonyl (C=S) groups is 1. The number of rotatable bonds is 8. The van der Waals surface area contributed by atoms with Gasteiger partial charge in [-0.05, 0) is 30.8 Å². The van der Waals surface area contributed by atoms with Gasteiger partial charge in [-0.2, -0.15) is 0 Å². The van der Waals surface area contributed by atoms with Crippen LogP contribution in [0.3, 0.4) is 0 Å². The molecular weight excluding hydrogens is 350 g/mol. The second-order valence-electron chi connectivity index (χ2n) is 5.05. The number of methoxy groups -OCH3 is 1. The predicted molar refractivity (Wildman–Crippen MR) is 96.1 cm³/mol. The summed E-state index contributed by atoms with van der Waals surface area (Å²) in [5.74, 6) is -0.678. The summed E-state index contributed by atoms with van der Waals surface area (Å²) in [5, 5.41) is 4.68. The van der Waals surface area contributed by atoms with Crippen molar-refractivity contribution in [3.8, 4) is 0 Å². The first-order chi connectivity index (χ1) is 11.4. The zero-order chi connectivity index (χ0) is 18.0. The van der Waals surface area contributed by atoms with Crippen molar-refractivity contribution in [2.45, 2.75) is 17.7 Å². The number of nitrogens with one attached hydrogen (secondary N) is 2. The number of carbonyl (C=O) groups excluding carboxylic acids is 1. The second-order valence-corrected chi connectivity index (χ2v) is 7.55. The Morgan fingerprint density at radius 1 is 1.29 bits per heavy atom. The predicted octanol–water partition coefficient (Wildman–Crippen LogP) is 0.724. The summed E-state index contributed by atoms with van der Waals surface area (Å²) < 4.78 is 29.2. The molecule has 0 heterocycles. The van der Waals surface area contributed by atoms with E-state index in [0.717, 1.165) is 6.42 Å². The first kappa shape index (κ1) is 20.3. The molecule has 0 unspecified atom stereocenters. The van der Waals surface area contributed by atoms with Gasteiger partial charge in [0.05, 0.1) is 10.6 Å². The van der Waals surface area contributed by atoms with Crippen LogP contribution in [0.1, 0.15) is 12.8 Å². The minimum atomic E-state index is -3.47. The van der Waals surface area contributed by atoms with Crippen LogP contribution in [0.4, 0.5) is 0 Å². The van der Waals surface area contributed by atoms with Crippen molar-refractivity contribution in [2.75, 3.05) is 33.1 Å². The normalized spacial score (nSPS) is 10.9. The molecule has 0 fully saturated rings. The first-order valence-corrected chi connectivity index (χ1v) is 9.50. The zero-order valence-electron chi connectivity index (χ0n) is 13.8. The van der Waals surface area contributed by atoms with E-state index in [4.69, 9.17) is 17.0 Å². The highest BCUT2D eigenvalue weighted by Crippen LogP contribution is 2.10. The standard InChI is InChI=1S/C15H23N3O4S2/c1-18(15(23)16-10-6-11-22-2)17-14(19)9-12-24(20,21)13-7-4-3-5-8-13/h3-5,7-8H,6,9-12H2,1-2H3,(H,16,23)(H,17,19). The molecule has 0 saturated heterocycles. The molecule has 0 atom stereocenters. The van der Waals surface area contributed by atoms with E-state index in [0.29, 0.717) is 18.3 Å². The molecule has 7 nitrogen and oxygen atoms in total. The van der Waals surface area contributed by atoms with E-state index in [1.54, 1.807) is 32.4 Å². The van der Waals surface area contributed by atoms with E-state index in [9.17, 15) is 13.2 Å². The SMILES string of the molecule is COCCCNC(=S)N(C)NC(=O)CCS(=O)(=O)c1ccccc1. The number of hydrogen-bond donors (Lipinski definition) is 2. The van der Waals surface area contributed by atoms with E-state index in [1.807, 2.05) is 0 Å². The van der Waals surface area contributed by atoms with Gasteiger partial charge in [0.2, 0.25) is 5.91 Å². The second kappa shape index (κ2) is 10.2. The van der Waals surface area contributed by atoms with Gasteiger partial charge < -0.3 is 10.1 Å².